The molecule has 2 rings (SSSR count). The first-order chi connectivity index (χ1) is 8.84. The maximum absolute atomic E-state index is 12.6. The number of ether oxygens (including phenoxy) is 1. The molecular formula is C12H12F3NO3. The second-order valence-electron chi connectivity index (χ2n) is 4.29. The summed E-state index contributed by atoms with van der Waals surface area (Å²) in [6.45, 7) is -0.0505. The lowest BCUT2D eigenvalue weighted by Gasteiger charge is -2.07. The molecule has 0 radical (unpaired) electrons. The Kier molecular flexibility index (Phi) is 3.40. The maximum Gasteiger partial charge on any atom is 0.406 e. The highest BCUT2D eigenvalue weighted by Crippen LogP contribution is 2.42. The Bertz CT molecular complexity index is 472. The van der Waals surface area contributed by atoms with Crippen LogP contribution in [-0.2, 0) is 11.3 Å². The molecule has 1 saturated heterocycles. The van der Waals surface area contributed by atoms with Gasteiger partial charge in [-0.15, -0.1) is 0 Å². The quantitative estimate of drug-likeness (QED) is 0.853. The minimum absolute atomic E-state index is 0.0505. The van der Waals surface area contributed by atoms with Crippen molar-refractivity contribution in [3.63, 3.8) is 0 Å². The van der Waals surface area contributed by atoms with E-state index in [1.165, 1.54) is 7.11 Å². The summed E-state index contributed by atoms with van der Waals surface area (Å²) in [7, 11) is 1.49. The van der Waals surface area contributed by atoms with Gasteiger partial charge in [-0.05, 0) is 17.7 Å². The first kappa shape index (κ1) is 13.7. The second kappa shape index (κ2) is 4.73. The normalized spacial score (nSPS) is 26.0. The standard InChI is InChI=1S/C12H12F3NO3/c1-19-8-4-2-7(3-5-8)6-16-9(11(17)18)10(16)12(13,14)15/h2-5,9-10H,6H2,1H3,(H,17,18)/t9-,10?,16?/m0/s1. The molecule has 3 atom stereocenters. The molecule has 1 N–H and O–H groups in total. The lowest BCUT2D eigenvalue weighted by molar-refractivity contribution is -0.145. The van der Waals surface area contributed by atoms with Crippen molar-refractivity contribution in [1.29, 1.82) is 0 Å². The number of carboxylic acids is 1. The van der Waals surface area contributed by atoms with E-state index in [0.717, 1.165) is 4.90 Å². The van der Waals surface area contributed by atoms with Crippen molar-refractivity contribution in [3.05, 3.63) is 29.8 Å². The molecule has 0 bridgehead atoms. The lowest BCUT2D eigenvalue weighted by atomic mass is 10.2. The van der Waals surface area contributed by atoms with Gasteiger partial charge in [-0.1, -0.05) is 12.1 Å². The van der Waals surface area contributed by atoms with Crippen LogP contribution in [0.1, 0.15) is 5.56 Å². The summed E-state index contributed by atoms with van der Waals surface area (Å²) in [4.78, 5) is 11.7. The van der Waals surface area contributed by atoms with E-state index in [4.69, 9.17) is 9.84 Å². The number of halogens is 3. The van der Waals surface area contributed by atoms with Crippen LogP contribution >= 0.6 is 0 Å². The van der Waals surface area contributed by atoms with Gasteiger partial charge in [0.2, 0.25) is 0 Å². The van der Waals surface area contributed by atoms with E-state index in [1.54, 1.807) is 24.3 Å². The monoisotopic (exact) mass is 275 g/mol. The fraction of sp³-hybridized carbons (Fsp3) is 0.417. The highest BCUT2D eigenvalue weighted by Gasteiger charge is 2.66. The maximum atomic E-state index is 12.6. The summed E-state index contributed by atoms with van der Waals surface area (Å²) >= 11 is 0. The van der Waals surface area contributed by atoms with Crippen LogP contribution in [0, 0.1) is 0 Å². The number of rotatable bonds is 4. The van der Waals surface area contributed by atoms with Crippen LogP contribution in [0.15, 0.2) is 24.3 Å². The van der Waals surface area contributed by atoms with E-state index >= 15 is 0 Å². The van der Waals surface area contributed by atoms with E-state index in [9.17, 15) is 18.0 Å². The van der Waals surface area contributed by atoms with Crippen molar-refractivity contribution >= 4 is 5.97 Å². The largest absolute Gasteiger partial charge is 0.497 e. The molecule has 0 amide bonds. The van der Waals surface area contributed by atoms with Crippen molar-refractivity contribution in [2.45, 2.75) is 24.8 Å². The van der Waals surface area contributed by atoms with Crippen molar-refractivity contribution in [3.8, 4) is 5.75 Å². The minimum atomic E-state index is -4.52. The zero-order valence-corrected chi connectivity index (χ0v) is 10.0. The van der Waals surface area contributed by atoms with Crippen LogP contribution in [0.4, 0.5) is 13.2 Å². The van der Waals surface area contributed by atoms with Gasteiger partial charge in [0.05, 0.1) is 7.11 Å². The van der Waals surface area contributed by atoms with Gasteiger partial charge in [0.25, 0.3) is 0 Å². The molecule has 1 aliphatic heterocycles. The van der Waals surface area contributed by atoms with Crippen molar-refractivity contribution < 1.29 is 27.8 Å². The Hall–Kier alpha value is -1.76. The Balaban J connectivity index is 2.08. The van der Waals surface area contributed by atoms with Gasteiger partial charge in [-0.2, -0.15) is 13.2 Å². The summed E-state index contributed by atoms with van der Waals surface area (Å²) in [6, 6.07) is 3.09. The molecule has 1 aromatic rings. The number of hydrogen-bond acceptors (Lipinski definition) is 3. The smallest absolute Gasteiger partial charge is 0.406 e. The molecule has 0 saturated carbocycles. The molecule has 1 aromatic carbocycles. The van der Waals surface area contributed by atoms with Gasteiger partial charge >= 0.3 is 12.1 Å². The molecule has 1 aliphatic rings. The molecule has 7 heteroatoms. The molecule has 4 nitrogen and oxygen atoms in total. The van der Waals surface area contributed by atoms with Crippen LogP contribution in [0.25, 0.3) is 0 Å². The third-order valence-corrected chi connectivity index (χ3v) is 3.04. The van der Waals surface area contributed by atoms with E-state index in [2.05, 4.69) is 0 Å². The van der Waals surface area contributed by atoms with Gasteiger partial charge < -0.3 is 9.84 Å². The first-order valence-electron chi connectivity index (χ1n) is 5.53. The number of aliphatic carboxylic acids is 1. The fourth-order valence-electron chi connectivity index (χ4n) is 2.06. The van der Waals surface area contributed by atoms with E-state index < -0.39 is 24.2 Å². The lowest BCUT2D eigenvalue weighted by Crippen LogP contribution is -2.23. The van der Waals surface area contributed by atoms with Crippen LogP contribution in [0.2, 0.25) is 0 Å². The molecule has 1 fully saturated rings. The number of carboxylic acid groups (broad SMARTS) is 1. The minimum Gasteiger partial charge on any atom is -0.497 e. The molecule has 0 spiro atoms. The third-order valence-electron chi connectivity index (χ3n) is 3.04. The van der Waals surface area contributed by atoms with Gasteiger partial charge in [-0.3, -0.25) is 9.69 Å². The van der Waals surface area contributed by atoms with Gasteiger partial charge in [0, 0.05) is 6.54 Å². The summed E-state index contributed by atoms with van der Waals surface area (Å²) in [5.74, 6) is -0.854. The van der Waals surface area contributed by atoms with E-state index in [0.29, 0.717) is 11.3 Å². The van der Waals surface area contributed by atoms with Crippen molar-refractivity contribution in [1.82, 2.24) is 4.90 Å². The molecule has 0 aliphatic carbocycles. The summed E-state index contributed by atoms with van der Waals surface area (Å²) in [5, 5.41) is 8.76. The van der Waals surface area contributed by atoms with Crippen LogP contribution in [0.3, 0.4) is 0 Å². The number of carbonyl (C=O) groups is 1. The van der Waals surface area contributed by atoms with Crippen LogP contribution in [-0.4, -0.2) is 41.3 Å². The second-order valence-corrected chi connectivity index (χ2v) is 4.29. The zero-order chi connectivity index (χ0) is 14.2. The third kappa shape index (κ3) is 2.81. The molecule has 104 valence electrons. The number of alkyl halides is 3. The Morgan fingerprint density at radius 2 is 1.95 bits per heavy atom. The van der Waals surface area contributed by atoms with Crippen LogP contribution < -0.4 is 4.74 Å². The molecule has 19 heavy (non-hydrogen) atoms. The average molecular weight is 275 g/mol. The van der Waals surface area contributed by atoms with Gasteiger partial charge in [0.15, 0.2) is 0 Å². The first-order valence-corrected chi connectivity index (χ1v) is 5.53. The SMILES string of the molecule is COc1ccc(CN2C(C(F)(F)F)[C@H]2C(=O)O)cc1. The average Bonchev–Trinajstić information content (AvgIpc) is 3.04. The Labute approximate surface area is 107 Å². The predicted octanol–water partition coefficient (Wildman–Crippen LogP) is 1.89. The van der Waals surface area contributed by atoms with Crippen molar-refractivity contribution in [2.24, 2.45) is 0 Å². The van der Waals surface area contributed by atoms with Crippen LogP contribution in [0.5, 0.6) is 5.75 Å². The molecular weight excluding hydrogens is 263 g/mol. The highest BCUT2D eigenvalue weighted by atomic mass is 19.4. The van der Waals surface area contributed by atoms with Gasteiger partial charge in [-0.25, -0.2) is 0 Å². The van der Waals surface area contributed by atoms with E-state index in [1.807, 2.05) is 0 Å². The fourth-order valence-corrected chi connectivity index (χ4v) is 2.06. The highest BCUT2D eigenvalue weighted by molar-refractivity contribution is 5.78. The molecule has 1 heterocycles. The molecule has 0 aromatic heterocycles. The van der Waals surface area contributed by atoms with Crippen molar-refractivity contribution in [2.75, 3.05) is 7.11 Å². The topological polar surface area (TPSA) is 49.5 Å². The summed E-state index contributed by atoms with van der Waals surface area (Å²) in [5.41, 5.74) is 0.610. The number of hydrogen-bond donors (Lipinski definition) is 1. The van der Waals surface area contributed by atoms with E-state index in [-0.39, 0.29) is 6.54 Å². The zero-order valence-electron chi connectivity index (χ0n) is 10.0. The van der Waals surface area contributed by atoms with Gasteiger partial charge in [0.1, 0.15) is 17.8 Å². The Morgan fingerprint density at radius 1 is 1.37 bits per heavy atom. The number of nitrogens with zero attached hydrogens (tertiary/aromatic N) is 1. The number of benzene rings is 1. The predicted molar refractivity (Wildman–Crippen MR) is 59.8 cm³/mol. The summed E-state index contributed by atoms with van der Waals surface area (Å²) in [6.07, 6.45) is -4.52. The molecule has 2 unspecified atom stereocenters. The Morgan fingerprint density at radius 3 is 2.32 bits per heavy atom. The summed E-state index contributed by atoms with van der Waals surface area (Å²) < 4.78 is 42.7. The number of methoxy groups -OCH3 is 1.